The van der Waals surface area contributed by atoms with Crippen LogP contribution >= 0.6 is 23.6 Å². The van der Waals surface area contributed by atoms with Gasteiger partial charge in [-0.2, -0.15) is 0 Å². The van der Waals surface area contributed by atoms with E-state index < -0.39 is 0 Å². The maximum absolute atomic E-state index is 12.2. The summed E-state index contributed by atoms with van der Waals surface area (Å²) in [7, 11) is 1.52. The molecule has 8 heteroatoms. The van der Waals surface area contributed by atoms with Crippen LogP contribution in [0.5, 0.6) is 5.75 Å². The van der Waals surface area contributed by atoms with Crippen LogP contribution in [0.25, 0.3) is 0 Å². The van der Waals surface area contributed by atoms with E-state index in [0.717, 1.165) is 12.8 Å². The van der Waals surface area contributed by atoms with Gasteiger partial charge < -0.3 is 20.7 Å². The minimum Gasteiger partial charge on any atom is -0.494 e. The van der Waals surface area contributed by atoms with Crippen molar-refractivity contribution < 1.29 is 14.3 Å². The first-order chi connectivity index (χ1) is 12.5. The molecule has 0 aliphatic heterocycles. The highest BCUT2D eigenvalue weighted by atomic mass is 32.1. The van der Waals surface area contributed by atoms with Gasteiger partial charge in [-0.05, 0) is 42.2 Å². The lowest BCUT2D eigenvalue weighted by Gasteiger charge is -2.13. The zero-order valence-corrected chi connectivity index (χ0v) is 16.3. The van der Waals surface area contributed by atoms with Crippen molar-refractivity contribution in [1.82, 2.24) is 5.32 Å². The van der Waals surface area contributed by atoms with Crippen LogP contribution < -0.4 is 20.7 Å². The van der Waals surface area contributed by atoms with Crippen molar-refractivity contribution in [2.45, 2.75) is 26.2 Å². The number of anilines is 2. The average Bonchev–Trinajstić information content (AvgIpc) is 3.15. The van der Waals surface area contributed by atoms with Crippen molar-refractivity contribution in [1.29, 1.82) is 0 Å². The van der Waals surface area contributed by atoms with Crippen molar-refractivity contribution >= 4 is 51.9 Å². The Morgan fingerprint density at radius 2 is 2.04 bits per heavy atom. The molecule has 0 atom stereocenters. The zero-order chi connectivity index (χ0) is 18.9. The third-order valence-electron chi connectivity index (χ3n) is 3.46. The van der Waals surface area contributed by atoms with Gasteiger partial charge in [0.2, 0.25) is 5.91 Å². The molecule has 0 aliphatic carbocycles. The van der Waals surface area contributed by atoms with Gasteiger partial charge in [-0.1, -0.05) is 19.4 Å². The van der Waals surface area contributed by atoms with Crippen LogP contribution in [0, 0.1) is 0 Å². The first kappa shape index (κ1) is 19.9. The smallest absolute Gasteiger partial charge is 0.265 e. The summed E-state index contributed by atoms with van der Waals surface area (Å²) < 4.78 is 5.34. The SMILES string of the molecule is CCCCC(=O)NC(=S)Nc1ccc(NC(=O)c2cccs2)c(OC)c1. The Labute approximate surface area is 161 Å². The van der Waals surface area contributed by atoms with Crippen molar-refractivity contribution in [3.05, 3.63) is 40.6 Å². The van der Waals surface area contributed by atoms with Crippen molar-refractivity contribution in [2.75, 3.05) is 17.7 Å². The highest BCUT2D eigenvalue weighted by Crippen LogP contribution is 2.28. The second-order valence-electron chi connectivity index (χ2n) is 5.45. The lowest BCUT2D eigenvalue weighted by atomic mass is 10.2. The molecule has 0 saturated carbocycles. The Bertz CT molecular complexity index is 776. The van der Waals surface area contributed by atoms with Crippen molar-refractivity contribution in [3.8, 4) is 5.75 Å². The van der Waals surface area contributed by atoms with E-state index in [0.29, 0.717) is 28.4 Å². The van der Waals surface area contributed by atoms with Crippen LogP contribution in [-0.2, 0) is 4.79 Å². The number of thiophene rings is 1. The summed E-state index contributed by atoms with van der Waals surface area (Å²) in [5, 5.41) is 10.5. The molecule has 1 aromatic heterocycles. The molecule has 2 aromatic rings. The summed E-state index contributed by atoms with van der Waals surface area (Å²) in [6, 6.07) is 8.74. The molecule has 0 aliphatic rings. The topological polar surface area (TPSA) is 79.5 Å². The molecule has 138 valence electrons. The standard InChI is InChI=1S/C18H21N3O3S2/c1-3-4-7-16(22)21-18(25)19-12-8-9-13(14(11-12)24-2)20-17(23)15-6-5-10-26-15/h5-6,8-11H,3-4,7H2,1-2H3,(H,20,23)(H2,19,21,22,25). The van der Waals surface area contributed by atoms with Crippen LogP contribution in [0.2, 0.25) is 0 Å². The third kappa shape index (κ3) is 5.82. The number of carbonyl (C=O) groups excluding carboxylic acids is 2. The van der Waals surface area contributed by atoms with E-state index in [2.05, 4.69) is 16.0 Å². The number of nitrogens with one attached hydrogen (secondary N) is 3. The number of rotatable bonds is 7. The maximum atomic E-state index is 12.2. The van der Waals surface area contributed by atoms with E-state index >= 15 is 0 Å². The second-order valence-corrected chi connectivity index (χ2v) is 6.81. The Hall–Kier alpha value is -2.45. The number of amides is 2. The fraction of sp³-hybridized carbons (Fsp3) is 0.278. The molecule has 0 unspecified atom stereocenters. The molecule has 3 N–H and O–H groups in total. The Morgan fingerprint density at radius 3 is 2.69 bits per heavy atom. The van der Waals surface area contributed by atoms with E-state index in [-0.39, 0.29) is 16.9 Å². The summed E-state index contributed by atoms with van der Waals surface area (Å²) in [6.07, 6.45) is 2.21. The normalized spacial score (nSPS) is 10.1. The molecule has 1 heterocycles. The van der Waals surface area contributed by atoms with E-state index in [1.165, 1.54) is 18.4 Å². The van der Waals surface area contributed by atoms with Gasteiger partial charge in [0, 0.05) is 18.2 Å². The van der Waals surface area contributed by atoms with Crippen LogP contribution in [0.1, 0.15) is 35.9 Å². The molecule has 0 fully saturated rings. The Balaban J connectivity index is 2.00. The molecule has 0 saturated heterocycles. The summed E-state index contributed by atoms with van der Waals surface area (Å²) in [6.45, 7) is 2.02. The van der Waals surface area contributed by atoms with Gasteiger partial charge in [0.05, 0.1) is 17.7 Å². The third-order valence-corrected chi connectivity index (χ3v) is 4.54. The van der Waals surface area contributed by atoms with Gasteiger partial charge >= 0.3 is 0 Å². The number of thiocarbonyl (C=S) groups is 1. The van der Waals surface area contributed by atoms with Gasteiger partial charge in [-0.25, -0.2) is 0 Å². The van der Waals surface area contributed by atoms with Crippen LogP contribution in [-0.4, -0.2) is 24.0 Å². The Morgan fingerprint density at radius 1 is 1.23 bits per heavy atom. The van der Waals surface area contributed by atoms with E-state index in [9.17, 15) is 9.59 Å². The van der Waals surface area contributed by atoms with Gasteiger partial charge in [0.1, 0.15) is 5.75 Å². The molecule has 6 nitrogen and oxygen atoms in total. The van der Waals surface area contributed by atoms with E-state index in [1.54, 1.807) is 24.3 Å². The van der Waals surface area contributed by atoms with Crippen LogP contribution in [0.15, 0.2) is 35.7 Å². The van der Waals surface area contributed by atoms with Crippen LogP contribution in [0.4, 0.5) is 11.4 Å². The number of hydrogen-bond donors (Lipinski definition) is 3. The largest absolute Gasteiger partial charge is 0.494 e. The first-order valence-electron chi connectivity index (χ1n) is 8.17. The number of ether oxygens (including phenoxy) is 1. The lowest BCUT2D eigenvalue weighted by molar-refractivity contribution is -0.119. The summed E-state index contributed by atoms with van der Waals surface area (Å²) >= 11 is 6.51. The first-order valence-corrected chi connectivity index (χ1v) is 9.46. The summed E-state index contributed by atoms with van der Waals surface area (Å²) in [5.74, 6) is 0.175. The average molecular weight is 392 g/mol. The molecule has 2 amide bonds. The van der Waals surface area contributed by atoms with Crippen molar-refractivity contribution in [2.24, 2.45) is 0 Å². The summed E-state index contributed by atoms with van der Waals surface area (Å²) in [5.41, 5.74) is 1.20. The highest BCUT2D eigenvalue weighted by molar-refractivity contribution is 7.80. The quantitative estimate of drug-likeness (QED) is 0.622. The molecule has 26 heavy (non-hydrogen) atoms. The number of carbonyl (C=O) groups is 2. The predicted octanol–water partition coefficient (Wildman–Crippen LogP) is 4.01. The fourth-order valence-corrected chi connectivity index (χ4v) is 3.00. The number of hydrogen-bond acceptors (Lipinski definition) is 5. The lowest BCUT2D eigenvalue weighted by Crippen LogP contribution is -2.33. The molecule has 2 rings (SSSR count). The van der Waals surface area contributed by atoms with Gasteiger partial charge in [-0.15, -0.1) is 11.3 Å². The molecule has 1 aromatic carbocycles. The molecule has 0 spiro atoms. The molecular weight excluding hydrogens is 370 g/mol. The fourth-order valence-electron chi connectivity index (χ4n) is 2.15. The maximum Gasteiger partial charge on any atom is 0.265 e. The highest BCUT2D eigenvalue weighted by Gasteiger charge is 2.12. The zero-order valence-electron chi connectivity index (χ0n) is 14.6. The number of benzene rings is 1. The molecule has 0 radical (unpaired) electrons. The van der Waals surface area contributed by atoms with Crippen LogP contribution in [0.3, 0.4) is 0 Å². The van der Waals surface area contributed by atoms with Gasteiger partial charge in [-0.3, -0.25) is 9.59 Å². The molecular formula is C18H21N3O3S2. The van der Waals surface area contributed by atoms with Crippen molar-refractivity contribution in [3.63, 3.8) is 0 Å². The summed E-state index contributed by atoms with van der Waals surface area (Å²) in [4.78, 5) is 24.5. The van der Waals surface area contributed by atoms with Gasteiger partial charge in [0.15, 0.2) is 5.11 Å². The minimum atomic E-state index is -0.197. The Kier molecular flexibility index (Phi) is 7.55. The van der Waals surface area contributed by atoms with Gasteiger partial charge in [0.25, 0.3) is 5.91 Å². The predicted molar refractivity (Wildman–Crippen MR) is 109 cm³/mol. The second kappa shape index (κ2) is 9.88. The number of unbranched alkanes of at least 4 members (excludes halogenated alkanes) is 1. The van der Waals surface area contributed by atoms with E-state index in [1.807, 2.05) is 18.4 Å². The minimum absolute atomic E-state index is 0.115. The molecule has 0 bridgehead atoms. The number of methoxy groups -OCH3 is 1. The van der Waals surface area contributed by atoms with E-state index in [4.69, 9.17) is 17.0 Å². The monoisotopic (exact) mass is 391 g/mol.